The number of aromatic nitrogens is 2. The number of carboxylic acid groups (broad SMARTS) is 1. The van der Waals surface area contributed by atoms with Crippen LogP contribution in [-0.2, 0) is 0 Å². The third-order valence-electron chi connectivity index (χ3n) is 2.25. The third-order valence-corrected chi connectivity index (χ3v) is 2.56. The van der Waals surface area contributed by atoms with E-state index in [0.29, 0.717) is 16.3 Å². The smallest absolute Gasteiger partial charge is 0.373 e. The summed E-state index contributed by atoms with van der Waals surface area (Å²) in [6.45, 7) is 1.93. The predicted molar refractivity (Wildman–Crippen MR) is 64.2 cm³/mol. The largest absolute Gasteiger partial charge is 0.475 e. The highest BCUT2D eigenvalue weighted by molar-refractivity contribution is 6.33. The van der Waals surface area contributed by atoms with Crippen molar-refractivity contribution in [1.82, 2.24) is 9.97 Å². The summed E-state index contributed by atoms with van der Waals surface area (Å²) >= 11 is 6.09. The number of halogens is 1. The Bertz CT molecular complexity index is 584. The van der Waals surface area contributed by atoms with E-state index in [4.69, 9.17) is 16.7 Å². The summed E-state index contributed by atoms with van der Waals surface area (Å²) in [5.74, 6) is -1.39. The second kappa shape index (κ2) is 4.51. The molecular weight excluding hydrogens is 240 g/mol. The fourth-order valence-electron chi connectivity index (χ4n) is 1.44. The minimum Gasteiger partial charge on any atom is -0.475 e. The number of aromatic carboxylic acids is 1. The van der Waals surface area contributed by atoms with Crippen LogP contribution in [0, 0.1) is 6.92 Å². The molecule has 1 aromatic carbocycles. The molecule has 1 N–H and O–H groups in total. The Kier molecular flexibility index (Phi) is 3.06. The van der Waals surface area contributed by atoms with Crippen LogP contribution in [0.5, 0.6) is 0 Å². The van der Waals surface area contributed by atoms with Crippen molar-refractivity contribution in [3.8, 4) is 11.3 Å². The number of hydrogen-bond donors (Lipinski definition) is 1. The normalized spacial score (nSPS) is 10.2. The Hall–Kier alpha value is -1.94. The molecule has 0 radical (unpaired) electrons. The first-order chi connectivity index (χ1) is 8.08. The lowest BCUT2D eigenvalue weighted by Crippen LogP contribution is -2.04. The molecule has 0 spiro atoms. The van der Waals surface area contributed by atoms with Gasteiger partial charge in [0.2, 0.25) is 5.82 Å². The van der Waals surface area contributed by atoms with Gasteiger partial charge in [-0.25, -0.2) is 14.8 Å². The number of carbonyl (C=O) groups is 1. The predicted octanol–water partition coefficient (Wildman–Crippen LogP) is 2.80. The van der Waals surface area contributed by atoms with Crippen molar-refractivity contribution in [3.05, 3.63) is 46.9 Å². The average Bonchev–Trinajstić information content (AvgIpc) is 2.29. The first-order valence-corrected chi connectivity index (χ1v) is 5.28. The highest BCUT2D eigenvalue weighted by Crippen LogP contribution is 2.26. The maximum absolute atomic E-state index is 10.8. The summed E-state index contributed by atoms with van der Waals surface area (Å²) in [6, 6.07) is 7.14. The summed E-state index contributed by atoms with van der Waals surface area (Å²) < 4.78 is 0. The van der Waals surface area contributed by atoms with Crippen molar-refractivity contribution in [1.29, 1.82) is 0 Å². The van der Waals surface area contributed by atoms with E-state index in [-0.39, 0.29) is 5.82 Å². The van der Waals surface area contributed by atoms with Crippen LogP contribution in [0.25, 0.3) is 11.3 Å². The van der Waals surface area contributed by atoms with E-state index in [0.717, 1.165) is 5.56 Å². The second-order valence-corrected chi connectivity index (χ2v) is 3.96. The molecule has 17 heavy (non-hydrogen) atoms. The summed E-state index contributed by atoms with van der Waals surface area (Å²) in [7, 11) is 0. The van der Waals surface area contributed by atoms with Gasteiger partial charge in [0.05, 0.1) is 10.7 Å². The van der Waals surface area contributed by atoms with Crippen molar-refractivity contribution in [3.63, 3.8) is 0 Å². The molecule has 0 aliphatic rings. The lowest BCUT2D eigenvalue weighted by molar-refractivity contribution is 0.0683. The molecule has 0 fully saturated rings. The average molecular weight is 249 g/mol. The molecule has 1 aromatic heterocycles. The van der Waals surface area contributed by atoms with Crippen LogP contribution >= 0.6 is 11.6 Å². The molecule has 0 aliphatic carbocycles. The Morgan fingerprint density at radius 1 is 1.35 bits per heavy atom. The van der Waals surface area contributed by atoms with Gasteiger partial charge in [0.15, 0.2) is 0 Å². The first-order valence-electron chi connectivity index (χ1n) is 4.91. The van der Waals surface area contributed by atoms with Gasteiger partial charge in [0.1, 0.15) is 0 Å². The van der Waals surface area contributed by atoms with Crippen LogP contribution in [0.3, 0.4) is 0 Å². The summed E-state index contributed by atoms with van der Waals surface area (Å²) in [6.07, 6.45) is 1.40. The van der Waals surface area contributed by atoms with E-state index in [9.17, 15) is 4.79 Å². The van der Waals surface area contributed by atoms with Gasteiger partial charge in [-0.1, -0.05) is 23.7 Å². The second-order valence-electron chi connectivity index (χ2n) is 3.55. The molecule has 86 valence electrons. The number of benzene rings is 1. The fraction of sp³-hybridized carbons (Fsp3) is 0.0833. The van der Waals surface area contributed by atoms with E-state index < -0.39 is 5.97 Å². The van der Waals surface area contributed by atoms with Crippen molar-refractivity contribution in [2.75, 3.05) is 0 Å². The van der Waals surface area contributed by atoms with Gasteiger partial charge >= 0.3 is 5.97 Å². The minimum absolute atomic E-state index is 0.237. The maximum atomic E-state index is 10.8. The summed E-state index contributed by atoms with van der Waals surface area (Å²) in [5.41, 5.74) is 2.23. The monoisotopic (exact) mass is 248 g/mol. The number of aryl methyl sites for hydroxylation is 1. The molecule has 2 rings (SSSR count). The molecule has 0 atom stereocenters. The van der Waals surface area contributed by atoms with Crippen LogP contribution in [0.15, 0.2) is 30.5 Å². The molecule has 0 aliphatic heterocycles. The van der Waals surface area contributed by atoms with Gasteiger partial charge in [-0.05, 0) is 24.6 Å². The number of rotatable bonds is 2. The zero-order valence-electron chi connectivity index (χ0n) is 9.01. The fourth-order valence-corrected chi connectivity index (χ4v) is 1.77. The summed E-state index contributed by atoms with van der Waals surface area (Å²) in [4.78, 5) is 18.4. The van der Waals surface area contributed by atoms with Gasteiger partial charge in [-0.15, -0.1) is 0 Å². The molecule has 0 unspecified atom stereocenters. The number of nitrogens with zero attached hydrogens (tertiary/aromatic N) is 2. The van der Waals surface area contributed by atoms with Gasteiger partial charge in [0.25, 0.3) is 0 Å². The van der Waals surface area contributed by atoms with Crippen LogP contribution < -0.4 is 0 Å². The van der Waals surface area contributed by atoms with Crippen molar-refractivity contribution in [2.24, 2.45) is 0 Å². The van der Waals surface area contributed by atoms with E-state index in [1.54, 1.807) is 12.1 Å². The van der Waals surface area contributed by atoms with E-state index in [1.807, 2.05) is 19.1 Å². The van der Waals surface area contributed by atoms with Gasteiger partial charge in [-0.3, -0.25) is 0 Å². The van der Waals surface area contributed by atoms with E-state index in [1.165, 1.54) is 6.20 Å². The molecule has 0 bridgehead atoms. The van der Waals surface area contributed by atoms with Crippen LogP contribution in [-0.4, -0.2) is 21.0 Å². The topological polar surface area (TPSA) is 63.1 Å². The van der Waals surface area contributed by atoms with Gasteiger partial charge in [-0.2, -0.15) is 0 Å². The zero-order valence-corrected chi connectivity index (χ0v) is 9.77. The minimum atomic E-state index is -1.16. The molecule has 0 amide bonds. The number of hydrogen-bond acceptors (Lipinski definition) is 3. The molecule has 0 saturated carbocycles. The molecule has 5 heteroatoms. The van der Waals surface area contributed by atoms with Gasteiger partial charge in [0, 0.05) is 11.8 Å². The molecule has 2 aromatic rings. The SMILES string of the molecule is Cc1ccc(-c2ccnc(C(=O)O)n2)c(Cl)c1. The Morgan fingerprint density at radius 3 is 2.76 bits per heavy atom. The van der Waals surface area contributed by atoms with Crippen molar-refractivity contribution < 1.29 is 9.90 Å². The molecular formula is C12H9ClN2O2. The Morgan fingerprint density at radius 2 is 2.12 bits per heavy atom. The molecule has 1 heterocycles. The molecule has 0 saturated heterocycles. The van der Waals surface area contributed by atoms with Crippen LogP contribution in [0.1, 0.15) is 16.2 Å². The Labute approximate surface area is 103 Å². The first kappa shape index (κ1) is 11.5. The Balaban J connectivity index is 2.53. The number of carboxylic acids is 1. The lowest BCUT2D eigenvalue weighted by Gasteiger charge is -2.04. The highest BCUT2D eigenvalue weighted by Gasteiger charge is 2.10. The highest BCUT2D eigenvalue weighted by atomic mass is 35.5. The quantitative estimate of drug-likeness (QED) is 0.888. The maximum Gasteiger partial charge on any atom is 0.373 e. The molecule has 4 nitrogen and oxygen atoms in total. The van der Waals surface area contributed by atoms with Gasteiger partial charge < -0.3 is 5.11 Å². The summed E-state index contributed by atoms with van der Waals surface area (Å²) in [5, 5.41) is 9.35. The van der Waals surface area contributed by atoms with Crippen molar-refractivity contribution >= 4 is 17.6 Å². The van der Waals surface area contributed by atoms with E-state index in [2.05, 4.69) is 9.97 Å². The standard InChI is InChI=1S/C12H9ClN2O2/c1-7-2-3-8(9(13)6-7)10-4-5-14-11(15-10)12(16)17/h2-6H,1H3,(H,16,17). The zero-order chi connectivity index (χ0) is 12.4. The third kappa shape index (κ3) is 2.42. The lowest BCUT2D eigenvalue weighted by atomic mass is 10.1. The van der Waals surface area contributed by atoms with Crippen LogP contribution in [0.2, 0.25) is 5.02 Å². The van der Waals surface area contributed by atoms with Crippen LogP contribution in [0.4, 0.5) is 0 Å². The van der Waals surface area contributed by atoms with Crippen molar-refractivity contribution in [2.45, 2.75) is 6.92 Å². The van der Waals surface area contributed by atoms with E-state index >= 15 is 0 Å².